The molecule has 1 aliphatic heterocycles. The van der Waals surface area contributed by atoms with Gasteiger partial charge in [-0.2, -0.15) is 0 Å². The van der Waals surface area contributed by atoms with E-state index in [1.807, 2.05) is 6.08 Å². The molecule has 0 radical (unpaired) electrons. The van der Waals surface area contributed by atoms with Crippen molar-refractivity contribution in [2.24, 2.45) is 0 Å². The standard InChI is InChI=1S/C12H13NO/c14-10-2-1-3-11-9(7-10)6-8-4-5-13-12(8)11/h1,3,13H,2,4-7H2. The number of fused-ring (bicyclic) bond motifs is 1. The van der Waals surface area contributed by atoms with E-state index in [2.05, 4.69) is 11.4 Å². The van der Waals surface area contributed by atoms with Gasteiger partial charge in [-0.25, -0.2) is 0 Å². The van der Waals surface area contributed by atoms with Crippen molar-refractivity contribution in [2.75, 3.05) is 6.54 Å². The zero-order chi connectivity index (χ0) is 9.54. The fraction of sp³-hybridized carbons (Fsp3) is 0.417. The molecule has 0 aromatic carbocycles. The van der Waals surface area contributed by atoms with Crippen LogP contribution in [0.25, 0.3) is 0 Å². The molecular weight excluding hydrogens is 174 g/mol. The van der Waals surface area contributed by atoms with E-state index >= 15 is 0 Å². The Balaban J connectivity index is 2.01. The molecule has 0 unspecified atom stereocenters. The van der Waals surface area contributed by atoms with Gasteiger partial charge in [0.2, 0.25) is 0 Å². The Morgan fingerprint density at radius 2 is 2.14 bits per heavy atom. The highest BCUT2D eigenvalue weighted by molar-refractivity contribution is 5.84. The summed E-state index contributed by atoms with van der Waals surface area (Å²) >= 11 is 0. The van der Waals surface area contributed by atoms with Crippen LogP contribution in [0.1, 0.15) is 25.7 Å². The lowest BCUT2D eigenvalue weighted by Gasteiger charge is -2.05. The van der Waals surface area contributed by atoms with Crippen LogP contribution in [0.3, 0.4) is 0 Å². The molecule has 2 nitrogen and oxygen atoms in total. The summed E-state index contributed by atoms with van der Waals surface area (Å²) in [5.41, 5.74) is 5.48. The summed E-state index contributed by atoms with van der Waals surface area (Å²) < 4.78 is 0. The van der Waals surface area contributed by atoms with Crippen molar-refractivity contribution in [1.82, 2.24) is 5.32 Å². The zero-order valence-electron chi connectivity index (χ0n) is 8.10. The van der Waals surface area contributed by atoms with Crippen molar-refractivity contribution in [2.45, 2.75) is 25.7 Å². The Kier molecular flexibility index (Phi) is 1.63. The molecule has 1 N–H and O–H groups in total. The molecule has 0 bridgehead atoms. The van der Waals surface area contributed by atoms with Gasteiger partial charge in [0.25, 0.3) is 0 Å². The minimum absolute atomic E-state index is 0.354. The summed E-state index contributed by atoms with van der Waals surface area (Å²) in [7, 11) is 0. The molecule has 3 rings (SSSR count). The van der Waals surface area contributed by atoms with E-state index in [1.165, 1.54) is 22.4 Å². The lowest BCUT2D eigenvalue weighted by atomic mass is 10.0. The Labute approximate surface area is 83.4 Å². The summed E-state index contributed by atoms with van der Waals surface area (Å²) in [6, 6.07) is 0. The van der Waals surface area contributed by atoms with E-state index in [1.54, 1.807) is 0 Å². The van der Waals surface area contributed by atoms with Gasteiger partial charge in [0, 0.05) is 25.1 Å². The number of hydrogen-bond donors (Lipinski definition) is 1. The molecule has 0 spiro atoms. The van der Waals surface area contributed by atoms with Gasteiger partial charge in [-0.15, -0.1) is 0 Å². The predicted molar refractivity (Wildman–Crippen MR) is 54.7 cm³/mol. The minimum Gasteiger partial charge on any atom is -0.384 e. The largest absolute Gasteiger partial charge is 0.384 e. The van der Waals surface area contributed by atoms with Crippen molar-refractivity contribution < 1.29 is 4.79 Å². The number of hydrogen-bond acceptors (Lipinski definition) is 2. The Bertz CT molecular complexity index is 399. The molecule has 0 aromatic heterocycles. The zero-order valence-corrected chi connectivity index (χ0v) is 8.10. The molecule has 2 aliphatic carbocycles. The lowest BCUT2D eigenvalue weighted by molar-refractivity contribution is -0.117. The summed E-state index contributed by atoms with van der Waals surface area (Å²) in [5, 5.41) is 3.42. The van der Waals surface area contributed by atoms with Crippen LogP contribution in [0.4, 0.5) is 0 Å². The number of carbonyl (C=O) groups excluding carboxylic acids is 1. The van der Waals surface area contributed by atoms with Gasteiger partial charge in [-0.3, -0.25) is 4.79 Å². The number of carbonyl (C=O) groups is 1. The molecule has 0 saturated heterocycles. The molecule has 3 aliphatic rings. The third-order valence-electron chi connectivity index (χ3n) is 3.20. The van der Waals surface area contributed by atoms with E-state index in [0.29, 0.717) is 18.6 Å². The Morgan fingerprint density at radius 1 is 1.21 bits per heavy atom. The molecule has 72 valence electrons. The van der Waals surface area contributed by atoms with Gasteiger partial charge in [-0.05, 0) is 29.6 Å². The van der Waals surface area contributed by atoms with Crippen molar-refractivity contribution in [1.29, 1.82) is 0 Å². The van der Waals surface area contributed by atoms with Crippen molar-refractivity contribution in [3.8, 4) is 0 Å². The van der Waals surface area contributed by atoms with Crippen LogP contribution in [-0.4, -0.2) is 12.3 Å². The fourth-order valence-electron chi connectivity index (χ4n) is 2.56. The second kappa shape index (κ2) is 2.84. The summed E-state index contributed by atoms with van der Waals surface area (Å²) in [6.45, 7) is 1.07. The number of Topliss-reactive ketones (excluding diaryl/α,β-unsaturated/α-hetero) is 1. The van der Waals surface area contributed by atoms with Crippen LogP contribution >= 0.6 is 0 Å². The Hall–Kier alpha value is -1.31. The van der Waals surface area contributed by atoms with E-state index in [-0.39, 0.29) is 0 Å². The highest BCUT2D eigenvalue weighted by Crippen LogP contribution is 2.39. The van der Waals surface area contributed by atoms with E-state index in [0.717, 1.165) is 19.4 Å². The van der Waals surface area contributed by atoms with Crippen LogP contribution in [0, 0.1) is 0 Å². The first kappa shape index (κ1) is 8.04. The fourth-order valence-corrected chi connectivity index (χ4v) is 2.56. The number of rotatable bonds is 0. The quantitative estimate of drug-likeness (QED) is 0.627. The third kappa shape index (κ3) is 1.07. The average Bonchev–Trinajstić information content (AvgIpc) is 2.64. The SMILES string of the molecule is O=C1CC=CC2=C(C1)CC1=C2NCC1. The summed E-state index contributed by atoms with van der Waals surface area (Å²) in [6.07, 6.45) is 7.59. The van der Waals surface area contributed by atoms with Crippen molar-refractivity contribution in [3.63, 3.8) is 0 Å². The predicted octanol–water partition coefficient (Wildman–Crippen LogP) is 1.85. The molecule has 14 heavy (non-hydrogen) atoms. The van der Waals surface area contributed by atoms with E-state index in [9.17, 15) is 4.79 Å². The summed E-state index contributed by atoms with van der Waals surface area (Å²) in [5.74, 6) is 0.354. The van der Waals surface area contributed by atoms with Gasteiger partial charge < -0.3 is 5.32 Å². The van der Waals surface area contributed by atoms with Gasteiger partial charge in [0.1, 0.15) is 5.78 Å². The maximum atomic E-state index is 11.4. The van der Waals surface area contributed by atoms with Gasteiger partial charge in [0.15, 0.2) is 0 Å². The maximum absolute atomic E-state index is 11.4. The third-order valence-corrected chi connectivity index (χ3v) is 3.20. The van der Waals surface area contributed by atoms with Gasteiger partial charge in [0.05, 0.1) is 0 Å². The molecule has 0 fully saturated rings. The number of allylic oxidation sites excluding steroid dienone is 3. The van der Waals surface area contributed by atoms with Crippen LogP contribution in [0.5, 0.6) is 0 Å². The number of nitrogens with one attached hydrogen (secondary N) is 1. The van der Waals surface area contributed by atoms with Crippen LogP contribution in [0.15, 0.2) is 34.6 Å². The first-order valence-corrected chi connectivity index (χ1v) is 5.21. The van der Waals surface area contributed by atoms with E-state index < -0.39 is 0 Å². The maximum Gasteiger partial charge on any atom is 0.140 e. The van der Waals surface area contributed by atoms with Crippen LogP contribution in [-0.2, 0) is 4.79 Å². The molecule has 0 aromatic rings. The monoisotopic (exact) mass is 187 g/mol. The highest BCUT2D eigenvalue weighted by Gasteiger charge is 2.27. The molecule has 0 saturated carbocycles. The topological polar surface area (TPSA) is 29.1 Å². The smallest absolute Gasteiger partial charge is 0.140 e. The first-order chi connectivity index (χ1) is 6.84. The average molecular weight is 187 g/mol. The molecule has 0 amide bonds. The Morgan fingerprint density at radius 3 is 3.07 bits per heavy atom. The molecular formula is C12H13NO. The van der Waals surface area contributed by atoms with E-state index in [4.69, 9.17) is 0 Å². The number of ketones is 1. The summed E-state index contributed by atoms with van der Waals surface area (Å²) in [4.78, 5) is 11.4. The molecule has 0 atom stereocenters. The minimum atomic E-state index is 0.354. The van der Waals surface area contributed by atoms with Gasteiger partial charge in [-0.1, -0.05) is 12.2 Å². The van der Waals surface area contributed by atoms with Crippen LogP contribution < -0.4 is 5.32 Å². The van der Waals surface area contributed by atoms with Crippen molar-refractivity contribution in [3.05, 3.63) is 34.6 Å². The first-order valence-electron chi connectivity index (χ1n) is 5.21. The molecule has 2 heteroatoms. The lowest BCUT2D eigenvalue weighted by Crippen LogP contribution is -2.09. The van der Waals surface area contributed by atoms with Crippen LogP contribution in [0.2, 0.25) is 0 Å². The van der Waals surface area contributed by atoms with Crippen molar-refractivity contribution >= 4 is 5.78 Å². The second-order valence-corrected chi connectivity index (χ2v) is 4.17. The molecule has 1 heterocycles. The normalized spacial score (nSPS) is 25.0. The second-order valence-electron chi connectivity index (χ2n) is 4.17. The van der Waals surface area contributed by atoms with Gasteiger partial charge >= 0.3 is 0 Å². The highest BCUT2D eigenvalue weighted by atomic mass is 16.1.